The van der Waals surface area contributed by atoms with Gasteiger partial charge < -0.3 is 19.5 Å². The molecule has 9 heteroatoms. The molecule has 0 aliphatic carbocycles. The molecular formula is C22H22N4O4S. The Morgan fingerprint density at radius 3 is 2.77 bits per heavy atom. The Hall–Kier alpha value is -3.46. The predicted molar refractivity (Wildman–Crippen MR) is 119 cm³/mol. The molecule has 2 heterocycles. The van der Waals surface area contributed by atoms with Gasteiger partial charge in [0.15, 0.2) is 22.5 Å². The van der Waals surface area contributed by atoms with Crippen molar-refractivity contribution in [2.24, 2.45) is 0 Å². The molecule has 0 fully saturated rings. The number of thioether (sulfide) groups is 1. The lowest BCUT2D eigenvalue weighted by Gasteiger charge is -2.13. The number of nitrogens with zero attached hydrogens (tertiary/aromatic N) is 3. The fourth-order valence-electron chi connectivity index (χ4n) is 3.05. The lowest BCUT2D eigenvalue weighted by atomic mass is 10.2. The maximum Gasteiger partial charge on any atom is 0.237 e. The van der Waals surface area contributed by atoms with Gasteiger partial charge in [0.05, 0.1) is 12.4 Å². The van der Waals surface area contributed by atoms with Crippen molar-refractivity contribution in [1.29, 1.82) is 0 Å². The van der Waals surface area contributed by atoms with Gasteiger partial charge in [-0.15, -0.1) is 16.8 Å². The first kappa shape index (κ1) is 20.8. The van der Waals surface area contributed by atoms with Crippen LogP contribution in [-0.4, -0.2) is 39.8 Å². The van der Waals surface area contributed by atoms with E-state index in [2.05, 4.69) is 22.1 Å². The number of hydrogen-bond donors (Lipinski definition) is 1. The summed E-state index contributed by atoms with van der Waals surface area (Å²) in [6.07, 6.45) is 1.78. The van der Waals surface area contributed by atoms with Crippen LogP contribution in [0.25, 0.3) is 11.4 Å². The lowest BCUT2D eigenvalue weighted by molar-refractivity contribution is -0.115. The molecule has 1 N–H and O–H groups in total. The number of methoxy groups -OCH3 is 1. The second-order valence-electron chi connectivity index (χ2n) is 6.75. The Morgan fingerprint density at radius 2 is 2.03 bits per heavy atom. The van der Waals surface area contributed by atoms with E-state index in [0.29, 0.717) is 34.7 Å². The van der Waals surface area contributed by atoms with Crippen molar-refractivity contribution >= 4 is 23.4 Å². The van der Waals surface area contributed by atoms with Crippen LogP contribution in [0.15, 0.2) is 60.3 Å². The number of benzene rings is 2. The summed E-state index contributed by atoms with van der Waals surface area (Å²) < 4.78 is 17.8. The lowest BCUT2D eigenvalue weighted by Crippen LogP contribution is -2.23. The molecule has 4 rings (SSSR count). The molecule has 1 aromatic heterocycles. The van der Waals surface area contributed by atoms with Crippen LogP contribution in [0.5, 0.6) is 17.2 Å². The third-order valence-electron chi connectivity index (χ3n) is 4.67. The summed E-state index contributed by atoms with van der Waals surface area (Å²) in [5.41, 5.74) is 1.55. The number of carbonyl (C=O) groups excluding carboxylic acids is 1. The number of fused-ring (bicyclic) bond motifs is 1. The van der Waals surface area contributed by atoms with E-state index in [1.54, 1.807) is 31.4 Å². The Labute approximate surface area is 184 Å². The molecule has 1 unspecified atom stereocenters. The summed E-state index contributed by atoms with van der Waals surface area (Å²) in [6.45, 7) is 6.37. The number of nitrogens with one attached hydrogen (secondary N) is 1. The molecule has 8 nitrogen and oxygen atoms in total. The number of allylic oxidation sites excluding steroid dienone is 1. The molecular weight excluding hydrogens is 416 g/mol. The molecule has 160 valence electrons. The number of ether oxygens (including phenoxy) is 3. The summed E-state index contributed by atoms with van der Waals surface area (Å²) in [5, 5.41) is 11.8. The van der Waals surface area contributed by atoms with Crippen molar-refractivity contribution in [1.82, 2.24) is 14.8 Å². The van der Waals surface area contributed by atoms with Crippen molar-refractivity contribution in [2.45, 2.75) is 23.9 Å². The van der Waals surface area contributed by atoms with Crippen molar-refractivity contribution in [2.75, 3.05) is 19.2 Å². The minimum Gasteiger partial charge on any atom is -0.497 e. The van der Waals surface area contributed by atoms with Gasteiger partial charge in [0.2, 0.25) is 12.7 Å². The van der Waals surface area contributed by atoms with E-state index in [1.165, 1.54) is 11.8 Å². The van der Waals surface area contributed by atoms with Gasteiger partial charge in [0, 0.05) is 23.9 Å². The highest BCUT2D eigenvalue weighted by molar-refractivity contribution is 8.00. The van der Waals surface area contributed by atoms with Crippen molar-refractivity contribution in [3.05, 3.63) is 55.1 Å². The maximum atomic E-state index is 12.7. The SMILES string of the molecule is C=CCn1c(SC(C)C(=O)Nc2ccc3c(c2)OCO3)nnc1-c1ccc(OC)cc1. The number of aromatic nitrogens is 3. The van der Waals surface area contributed by atoms with Crippen LogP contribution in [-0.2, 0) is 11.3 Å². The second-order valence-corrected chi connectivity index (χ2v) is 8.06. The fraction of sp³-hybridized carbons (Fsp3) is 0.227. The third-order valence-corrected chi connectivity index (χ3v) is 5.75. The monoisotopic (exact) mass is 438 g/mol. The molecule has 0 saturated heterocycles. The summed E-state index contributed by atoms with van der Waals surface area (Å²) in [5.74, 6) is 2.61. The Kier molecular flexibility index (Phi) is 6.13. The number of carbonyl (C=O) groups is 1. The quantitative estimate of drug-likeness (QED) is 0.420. The topological polar surface area (TPSA) is 87.5 Å². The zero-order valence-corrected chi connectivity index (χ0v) is 18.0. The van der Waals surface area contributed by atoms with Gasteiger partial charge in [-0.25, -0.2) is 0 Å². The number of hydrogen-bond acceptors (Lipinski definition) is 7. The zero-order valence-electron chi connectivity index (χ0n) is 17.2. The van der Waals surface area contributed by atoms with E-state index in [9.17, 15) is 4.79 Å². The highest BCUT2D eigenvalue weighted by atomic mass is 32.2. The van der Waals surface area contributed by atoms with Gasteiger partial charge >= 0.3 is 0 Å². The summed E-state index contributed by atoms with van der Waals surface area (Å²) >= 11 is 1.34. The second kappa shape index (κ2) is 9.13. The van der Waals surface area contributed by atoms with Crippen molar-refractivity contribution in [3.8, 4) is 28.6 Å². The van der Waals surface area contributed by atoms with Gasteiger partial charge in [0.25, 0.3) is 0 Å². The van der Waals surface area contributed by atoms with Crippen LogP contribution in [0.3, 0.4) is 0 Å². The average Bonchev–Trinajstić information content (AvgIpc) is 3.41. The van der Waals surface area contributed by atoms with Gasteiger partial charge in [-0.1, -0.05) is 17.8 Å². The number of rotatable bonds is 8. The first-order chi connectivity index (χ1) is 15.1. The number of anilines is 1. The van der Waals surface area contributed by atoms with Crippen LogP contribution in [0.2, 0.25) is 0 Å². The predicted octanol–water partition coefficient (Wildman–Crippen LogP) is 3.99. The van der Waals surface area contributed by atoms with Crippen LogP contribution in [0.1, 0.15) is 6.92 Å². The standard InChI is InChI=1S/C22H22N4O4S/c1-4-11-26-20(15-5-8-17(28-3)9-6-15)24-25-22(26)31-14(2)21(27)23-16-7-10-18-19(12-16)30-13-29-18/h4-10,12,14H,1,11,13H2,2-3H3,(H,23,27). The summed E-state index contributed by atoms with van der Waals surface area (Å²) in [6, 6.07) is 12.9. The normalized spacial score (nSPS) is 13.0. The maximum absolute atomic E-state index is 12.7. The molecule has 1 atom stereocenters. The highest BCUT2D eigenvalue weighted by Crippen LogP contribution is 2.34. The van der Waals surface area contributed by atoms with E-state index >= 15 is 0 Å². The third kappa shape index (κ3) is 4.51. The van der Waals surface area contributed by atoms with Gasteiger partial charge in [-0.05, 0) is 43.3 Å². The van der Waals surface area contributed by atoms with Gasteiger partial charge in [-0.3, -0.25) is 9.36 Å². The van der Waals surface area contributed by atoms with Crippen LogP contribution < -0.4 is 19.5 Å². The molecule has 1 amide bonds. The molecule has 2 aromatic carbocycles. The molecule has 0 bridgehead atoms. The van der Waals surface area contributed by atoms with E-state index in [4.69, 9.17) is 14.2 Å². The fourth-order valence-corrected chi connectivity index (χ4v) is 3.91. The summed E-state index contributed by atoms with van der Waals surface area (Å²) in [7, 11) is 1.62. The largest absolute Gasteiger partial charge is 0.497 e. The van der Waals surface area contributed by atoms with Crippen LogP contribution in [0.4, 0.5) is 5.69 Å². The van der Waals surface area contributed by atoms with Crippen molar-refractivity contribution < 1.29 is 19.0 Å². The highest BCUT2D eigenvalue weighted by Gasteiger charge is 2.21. The van der Waals surface area contributed by atoms with Crippen LogP contribution in [0, 0.1) is 0 Å². The van der Waals surface area contributed by atoms with E-state index < -0.39 is 5.25 Å². The van der Waals surface area contributed by atoms with Crippen molar-refractivity contribution in [3.63, 3.8) is 0 Å². The number of amides is 1. The zero-order chi connectivity index (χ0) is 21.8. The van der Waals surface area contributed by atoms with Gasteiger partial charge in [-0.2, -0.15) is 0 Å². The molecule has 1 aliphatic rings. The molecule has 1 aliphatic heterocycles. The average molecular weight is 439 g/mol. The van der Waals surface area contributed by atoms with Crippen LogP contribution >= 0.6 is 11.8 Å². The van der Waals surface area contributed by atoms with E-state index in [0.717, 1.165) is 11.3 Å². The summed E-state index contributed by atoms with van der Waals surface area (Å²) in [4.78, 5) is 12.7. The first-order valence-corrected chi connectivity index (χ1v) is 10.5. The molecule has 31 heavy (non-hydrogen) atoms. The Bertz CT molecular complexity index is 1100. The first-order valence-electron chi connectivity index (χ1n) is 9.64. The Morgan fingerprint density at radius 1 is 1.26 bits per heavy atom. The molecule has 0 spiro atoms. The molecule has 3 aromatic rings. The molecule has 0 saturated carbocycles. The van der Waals surface area contributed by atoms with Gasteiger partial charge in [0.1, 0.15) is 5.75 Å². The Balaban J connectivity index is 1.49. The van der Waals surface area contributed by atoms with E-state index in [-0.39, 0.29) is 12.7 Å². The minimum absolute atomic E-state index is 0.150. The van der Waals surface area contributed by atoms with E-state index in [1.807, 2.05) is 35.8 Å². The molecule has 0 radical (unpaired) electrons. The smallest absolute Gasteiger partial charge is 0.237 e. The minimum atomic E-state index is -0.401.